The van der Waals surface area contributed by atoms with Crippen LogP contribution in [0.25, 0.3) is 11.0 Å². The molecule has 0 N–H and O–H groups in total. The topological polar surface area (TPSA) is 27.1 Å². The van der Waals surface area contributed by atoms with Gasteiger partial charge in [0.05, 0.1) is 16.6 Å². The number of rotatable bonds is 6. The zero-order chi connectivity index (χ0) is 15.5. The Morgan fingerprint density at radius 3 is 2.62 bits per heavy atom. The van der Waals surface area contributed by atoms with Crippen molar-refractivity contribution in [3.05, 3.63) is 29.6 Å². The third kappa shape index (κ3) is 3.56. The summed E-state index contributed by atoms with van der Waals surface area (Å²) in [5, 5.41) is 0. The molecule has 1 aromatic heterocycles. The number of imidazole rings is 1. The standard InChI is InChI=1S/C15H19F3N2O/c1-3-14-19-12-10-11(15(16,17)18)6-7-13(12)20(14)8-5-9-21-4-2/h6-7,10H,3-5,8-9H2,1-2H3. The lowest BCUT2D eigenvalue weighted by Crippen LogP contribution is -2.07. The molecule has 0 saturated heterocycles. The van der Waals surface area contributed by atoms with Gasteiger partial charge in [-0.05, 0) is 31.5 Å². The monoisotopic (exact) mass is 300 g/mol. The normalized spacial score (nSPS) is 12.2. The van der Waals surface area contributed by atoms with Crippen LogP contribution in [-0.2, 0) is 23.9 Å². The van der Waals surface area contributed by atoms with Gasteiger partial charge in [0, 0.05) is 26.2 Å². The fraction of sp³-hybridized carbons (Fsp3) is 0.533. The first-order valence-corrected chi connectivity index (χ1v) is 7.11. The molecule has 0 radical (unpaired) electrons. The Morgan fingerprint density at radius 1 is 1.24 bits per heavy atom. The lowest BCUT2D eigenvalue weighted by Gasteiger charge is -2.09. The average Bonchev–Trinajstić information content (AvgIpc) is 2.79. The molecule has 0 saturated carbocycles. The number of benzene rings is 1. The van der Waals surface area contributed by atoms with Crippen LogP contribution in [0.3, 0.4) is 0 Å². The molecular weight excluding hydrogens is 281 g/mol. The number of alkyl halides is 3. The van der Waals surface area contributed by atoms with Crippen molar-refractivity contribution in [1.82, 2.24) is 9.55 Å². The molecule has 0 aliphatic heterocycles. The molecule has 1 aromatic carbocycles. The number of hydrogen-bond acceptors (Lipinski definition) is 2. The lowest BCUT2D eigenvalue weighted by molar-refractivity contribution is -0.137. The Bertz CT molecular complexity index is 605. The van der Waals surface area contributed by atoms with E-state index in [4.69, 9.17) is 4.74 Å². The van der Waals surface area contributed by atoms with E-state index in [1.54, 1.807) is 0 Å². The molecule has 21 heavy (non-hydrogen) atoms. The first-order valence-electron chi connectivity index (χ1n) is 7.11. The van der Waals surface area contributed by atoms with Crippen LogP contribution < -0.4 is 0 Å². The van der Waals surface area contributed by atoms with Crippen molar-refractivity contribution in [2.45, 2.75) is 39.4 Å². The molecule has 0 unspecified atom stereocenters. The van der Waals surface area contributed by atoms with Crippen molar-refractivity contribution in [3.8, 4) is 0 Å². The van der Waals surface area contributed by atoms with Gasteiger partial charge in [-0.25, -0.2) is 4.98 Å². The molecule has 0 atom stereocenters. The first kappa shape index (κ1) is 15.8. The summed E-state index contributed by atoms with van der Waals surface area (Å²) in [5.74, 6) is 0.806. The molecule has 6 heteroatoms. The minimum absolute atomic E-state index is 0.401. The number of aryl methyl sites for hydroxylation is 2. The van der Waals surface area contributed by atoms with Gasteiger partial charge in [0.2, 0.25) is 0 Å². The van der Waals surface area contributed by atoms with Crippen LogP contribution >= 0.6 is 0 Å². The Morgan fingerprint density at radius 2 is 2.00 bits per heavy atom. The van der Waals surface area contributed by atoms with Crippen molar-refractivity contribution in [2.75, 3.05) is 13.2 Å². The second-order valence-electron chi connectivity index (χ2n) is 4.78. The van der Waals surface area contributed by atoms with Gasteiger partial charge in [-0.15, -0.1) is 0 Å². The van der Waals surface area contributed by atoms with Gasteiger partial charge < -0.3 is 9.30 Å². The number of aromatic nitrogens is 2. The summed E-state index contributed by atoms with van der Waals surface area (Å²) in [6.45, 7) is 5.89. The van der Waals surface area contributed by atoms with E-state index in [2.05, 4.69) is 4.98 Å². The van der Waals surface area contributed by atoms with Crippen LogP contribution in [0, 0.1) is 0 Å². The minimum Gasteiger partial charge on any atom is -0.382 e. The molecule has 0 aliphatic rings. The largest absolute Gasteiger partial charge is 0.416 e. The highest BCUT2D eigenvalue weighted by atomic mass is 19.4. The maximum atomic E-state index is 12.7. The van der Waals surface area contributed by atoms with Crippen LogP contribution in [0.1, 0.15) is 31.7 Å². The SMILES string of the molecule is CCOCCCn1c(CC)nc2cc(C(F)(F)F)ccc21. The van der Waals surface area contributed by atoms with E-state index in [1.807, 2.05) is 18.4 Å². The third-order valence-corrected chi connectivity index (χ3v) is 3.35. The van der Waals surface area contributed by atoms with Gasteiger partial charge >= 0.3 is 6.18 Å². The van der Waals surface area contributed by atoms with Crippen LogP contribution in [0.4, 0.5) is 13.2 Å². The molecule has 0 bridgehead atoms. The first-order chi connectivity index (χ1) is 9.97. The summed E-state index contributed by atoms with van der Waals surface area (Å²) >= 11 is 0. The molecule has 2 rings (SSSR count). The molecule has 1 heterocycles. The van der Waals surface area contributed by atoms with E-state index in [-0.39, 0.29) is 0 Å². The van der Waals surface area contributed by atoms with Crippen molar-refractivity contribution in [3.63, 3.8) is 0 Å². The van der Waals surface area contributed by atoms with E-state index in [9.17, 15) is 13.2 Å². The van der Waals surface area contributed by atoms with Gasteiger partial charge in [-0.1, -0.05) is 6.92 Å². The Kier molecular flexibility index (Phi) is 4.88. The summed E-state index contributed by atoms with van der Waals surface area (Å²) in [6, 6.07) is 3.74. The van der Waals surface area contributed by atoms with Crippen LogP contribution in [0.5, 0.6) is 0 Å². The highest BCUT2D eigenvalue weighted by Crippen LogP contribution is 2.31. The van der Waals surface area contributed by atoms with Crippen LogP contribution in [-0.4, -0.2) is 22.8 Å². The predicted octanol–water partition coefficient (Wildman–Crippen LogP) is 4.04. The van der Waals surface area contributed by atoms with Gasteiger partial charge in [-0.3, -0.25) is 0 Å². The smallest absolute Gasteiger partial charge is 0.382 e. The van der Waals surface area contributed by atoms with Gasteiger partial charge in [0.15, 0.2) is 0 Å². The number of hydrogen-bond donors (Lipinski definition) is 0. The van der Waals surface area contributed by atoms with Crippen molar-refractivity contribution in [2.24, 2.45) is 0 Å². The zero-order valence-electron chi connectivity index (χ0n) is 12.2. The second kappa shape index (κ2) is 6.47. The van der Waals surface area contributed by atoms with Gasteiger partial charge in [0.1, 0.15) is 5.82 Å². The number of nitrogens with zero attached hydrogens (tertiary/aromatic N) is 2. The lowest BCUT2D eigenvalue weighted by atomic mass is 10.2. The molecule has 3 nitrogen and oxygen atoms in total. The molecule has 0 spiro atoms. The second-order valence-corrected chi connectivity index (χ2v) is 4.78. The van der Waals surface area contributed by atoms with E-state index in [0.717, 1.165) is 29.9 Å². The summed E-state index contributed by atoms with van der Waals surface area (Å²) in [5.41, 5.74) is 0.492. The Balaban J connectivity index is 2.31. The van der Waals surface area contributed by atoms with Gasteiger partial charge in [-0.2, -0.15) is 13.2 Å². The Labute approximate surface area is 121 Å². The third-order valence-electron chi connectivity index (χ3n) is 3.35. The fourth-order valence-electron chi connectivity index (χ4n) is 2.34. The molecule has 0 fully saturated rings. The van der Waals surface area contributed by atoms with Gasteiger partial charge in [0.25, 0.3) is 0 Å². The van der Waals surface area contributed by atoms with E-state index in [0.29, 0.717) is 31.7 Å². The van der Waals surface area contributed by atoms with E-state index in [1.165, 1.54) is 6.07 Å². The quantitative estimate of drug-likeness (QED) is 0.753. The molecule has 116 valence electrons. The summed E-state index contributed by atoms with van der Waals surface area (Å²) in [6.07, 6.45) is -2.84. The Hall–Kier alpha value is -1.56. The summed E-state index contributed by atoms with van der Waals surface area (Å²) in [4.78, 5) is 4.33. The molecule has 2 aromatic rings. The molecule has 0 amide bonds. The zero-order valence-corrected chi connectivity index (χ0v) is 12.2. The minimum atomic E-state index is -4.33. The maximum absolute atomic E-state index is 12.7. The number of fused-ring (bicyclic) bond motifs is 1. The summed E-state index contributed by atoms with van der Waals surface area (Å²) in [7, 11) is 0. The number of halogens is 3. The maximum Gasteiger partial charge on any atom is 0.416 e. The van der Waals surface area contributed by atoms with Crippen LogP contribution in [0.2, 0.25) is 0 Å². The van der Waals surface area contributed by atoms with Crippen molar-refractivity contribution < 1.29 is 17.9 Å². The van der Waals surface area contributed by atoms with Crippen molar-refractivity contribution >= 4 is 11.0 Å². The van der Waals surface area contributed by atoms with E-state index >= 15 is 0 Å². The van der Waals surface area contributed by atoms with E-state index < -0.39 is 11.7 Å². The summed E-state index contributed by atoms with van der Waals surface area (Å²) < 4.78 is 45.5. The number of ether oxygens (including phenoxy) is 1. The molecule has 0 aliphatic carbocycles. The highest BCUT2D eigenvalue weighted by Gasteiger charge is 2.31. The van der Waals surface area contributed by atoms with Crippen LogP contribution in [0.15, 0.2) is 18.2 Å². The highest BCUT2D eigenvalue weighted by molar-refractivity contribution is 5.77. The fourth-order valence-corrected chi connectivity index (χ4v) is 2.34. The molecular formula is C15H19F3N2O. The average molecular weight is 300 g/mol. The predicted molar refractivity (Wildman–Crippen MR) is 75.2 cm³/mol. The van der Waals surface area contributed by atoms with Crippen molar-refractivity contribution in [1.29, 1.82) is 0 Å².